The lowest BCUT2D eigenvalue weighted by atomic mass is 9.76. The van der Waals surface area contributed by atoms with Crippen LogP contribution in [0.1, 0.15) is 24.7 Å². The Balaban J connectivity index is 1.30. The molecule has 1 saturated heterocycles. The van der Waals surface area contributed by atoms with E-state index in [9.17, 15) is 8.42 Å². The zero-order valence-electron chi connectivity index (χ0n) is 15.5. The summed E-state index contributed by atoms with van der Waals surface area (Å²) in [5.74, 6) is 1.23. The third kappa shape index (κ3) is 3.15. The number of anilines is 1. The van der Waals surface area contributed by atoms with Gasteiger partial charge in [-0.3, -0.25) is 4.72 Å². The molecule has 5 rings (SSSR count). The zero-order chi connectivity index (χ0) is 19.2. The Hall–Kier alpha value is -2.15. The highest BCUT2D eigenvalue weighted by atomic mass is 32.2. The smallest absolute Gasteiger partial charge is 0.261 e. The fourth-order valence-electron chi connectivity index (χ4n) is 4.71. The van der Waals surface area contributed by atoms with Gasteiger partial charge in [-0.05, 0) is 48.9 Å². The minimum atomic E-state index is -3.62. The molecule has 0 aromatic heterocycles. The minimum absolute atomic E-state index is 0.114. The number of benzene rings is 2. The lowest BCUT2D eigenvalue weighted by Crippen LogP contribution is -2.41. The molecule has 1 heterocycles. The molecule has 28 heavy (non-hydrogen) atoms. The summed E-state index contributed by atoms with van der Waals surface area (Å²) in [5, 5.41) is 0. The maximum Gasteiger partial charge on any atom is 0.261 e. The van der Waals surface area contributed by atoms with Gasteiger partial charge in [-0.1, -0.05) is 42.5 Å². The summed E-state index contributed by atoms with van der Waals surface area (Å²) in [7, 11) is -3.62. The molecule has 2 fully saturated rings. The number of rotatable bonds is 4. The Morgan fingerprint density at radius 3 is 2.43 bits per heavy atom. The van der Waals surface area contributed by atoms with Gasteiger partial charge in [-0.2, -0.15) is 0 Å². The number of nitrogens with one attached hydrogen (secondary N) is 1. The van der Waals surface area contributed by atoms with Crippen molar-refractivity contribution in [3.63, 3.8) is 0 Å². The van der Waals surface area contributed by atoms with Gasteiger partial charge in [-0.25, -0.2) is 8.42 Å². The van der Waals surface area contributed by atoms with E-state index in [1.165, 1.54) is 6.42 Å². The average molecular weight is 397 g/mol. The second kappa shape index (κ2) is 6.72. The van der Waals surface area contributed by atoms with E-state index in [0.29, 0.717) is 30.7 Å². The number of fused-ring (bicyclic) bond motifs is 3. The standard InChI is InChI=1S/C22H23NO4S/c24-28(25,20-7-2-1-3-8-20)23-19-6-4-5-17(12-19)21-26-14-22(15-27-21)13-16-9-10-18(22)11-16/h1-10,12,16,18,21,23H,11,13-15H2/t16-,18-,21?,22?/m0/s1. The lowest BCUT2D eigenvalue weighted by molar-refractivity contribution is -0.239. The lowest BCUT2D eigenvalue weighted by Gasteiger charge is -2.41. The normalized spacial score (nSPS) is 31.4. The first kappa shape index (κ1) is 17.9. The van der Waals surface area contributed by atoms with Gasteiger partial charge >= 0.3 is 0 Å². The number of ether oxygens (including phenoxy) is 2. The summed E-state index contributed by atoms with van der Waals surface area (Å²) in [4.78, 5) is 0.233. The molecule has 1 aliphatic heterocycles. The molecule has 146 valence electrons. The molecule has 5 nitrogen and oxygen atoms in total. The average Bonchev–Trinajstić information content (AvgIpc) is 3.30. The fourth-order valence-corrected chi connectivity index (χ4v) is 5.78. The second-order valence-corrected chi connectivity index (χ2v) is 9.73. The summed E-state index contributed by atoms with van der Waals surface area (Å²) in [6, 6.07) is 15.6. The number of hydrogen-bond donors (Lipinski definition) is 1. The molecule has 0 amide bonds. The van der Waals surface area contributed by atoms with Gasteiger partial charge in [0.25, 0.3) is 10.0 Å². The van der Waals surface area contributed by atoms with E-state index in [2.05, 4.69) is 16.9 Å². The van der Waals surface area contributed by atoms with Crippen LogP contribution in [0.5, 0.6) is 0 Å². The van der Waals surface area contributed by atoms with Crippen molar-refractivity contribution in [3.8, 4) is 0 Å². The van der Waals surface area contributed by atoms with E-state index < -0.39 is 16.3 Å². The van der Waals surface area contributed by atoms with Crippen LogP contribution in [0.15, 0.2) is 71.6 Å². The Kier molecular flexibility index (Phi) is 4.30. The van der Waals surface area contributed by atoms with Gasteiger partial charge in [0.2, 0.25) is 0 Å². The Morgan fingerprint density at radius 1 is 0.964 bits per heavy atom. The van der Waals surface area contributed by atoms with Crippen LogP contribution < -0.4 is 4.72 Å². The van der Waals surface area contributed by atoms with Crippen LogP contribution in [0.2, 0.25) is 0 Å². The van der Waals surface area contributed by atoms with Crippen molar-refractivity contribution in [2.24, 2.45) is 17.3 Å². The predicted molar refractivity (Wildman–Crippen MR) is 106 cm³/mol. The molecule has 2 aromatic carbocycles. The molecule has 2 atom stereocenters. The van der Waals surface area contributed by atoms with Crippen LogP contribution in [-0.2, 0) is 19.5 Å². The van der Waals surface area contributed by atoms with E-state index in [4.69, 9.17) is 9.47 Å². The maximum absolute atomic E-state index is 12.6. The third-order valence-corrected chi connectivity index (χ3v) is 7.53. The summed E-state index contributed by atoms with van der Waals surface area (Å²) in [5.41, 5.74) is 1.43. The Morgan fingerprint density at radius 2 is 1.75 bits per heavy atom. The predicted octanol–water partition coefficient (Wildman–Crippen LogP) is 4.12. The fraction of sp³-hybridized carbons (Fsp3) is 0.364. The van der Waals surface area contributed by atoms with Gasteiger partial charge in [0.15, 0.2) is 6.29 Å². The molecule has 3 aliphatic rings. The van der Waals surface area contributed by atoms with Gasteiger partial charge in [0.1, 0.15) is 0 Å². The Bertz CT molecular complexity index is 994. The monoisotopic (exact) mass is 397 g/mol. The highest BCUT2D eigenvalue weighted by Crippen LogP contribution is 2.54. The molecule has 6 heteroatoms. The number of allylic oxidation sites excluding steroid dienone is 2. The van der Waals surface area contributed by atoms with Crippen LogP contribution in [0.3, 0.4) is 0 Å². The molecule has 2 bridgehead atoms. The van der Waals surface area contributed by atoms with Crippen LogP contribution in [0.4, 0.5) is 5.69 Å². The van der Waals surface area contributed by atoms with E-state index in [1.54, 1.807) is 42.5 Å². The number of sulfonamides is 1. The quantitative estimate of drug-likeness (QED) is 0.789. The van der Waals surface area contributed by atoms with Crippen molar-refractivity contribution in [2.45, 2.75) is 24.0 Å². The minimum Gasteiger partial charge on any atom is -0.348 e. The van der Waals surface area contributed by atoms with Crippen molar-refractivity contribution in [2.75, 3.05) is 17.9 Å². The van der Waals surface area contributed by atoms with E-state index in [0.717, 1.165) is 12.0 Å². The van der Waals surface area contributed by atoms with Gasteiger partial charge in [0.05, 0.1) is 18.1 Å². The highest BCUT2D eigenvalue weighted by molar-refractivity contribution is 7.92. The zero-order valence-corrected chi connectivity index (χ0v) is 16.3. The highest BCUT2D eigenvalue weighted by Gasteiger charge is 2.51. The molecule has 2 aliphatic carbocycles. The first-order chi connectivity index (χ1) is 13.5. The molecule has 1 saturated carbocycles. The molecular weight excluding hydrogens is 374 g/mol. The van der Waals surface area contributed by atoms with Crippen LogP contribution in [-0.4, -0.2) is 21.6 Å². The molecular formula is C22H23NO4S. The summed E-state index contributed by atoms with van der Waals surface area (Å²) >= 11 is 0. The van der Waals surface area contributed by atoms with Gasteiger partial charge in [-0.15, -0.1) is 0 Å². The van der Waals surface area contributed by atoms with Gasteiger partial charge in [0, 0.05) is 16.7 Å². The maximum atomic E-state index is 12.6. The largest absolute Gasteiger partial charge is 0.348 e. The molecule has 1 N–H and O–H groups in total. The topological polar surface area (TPSA) is 64.6 Å². The van der Waals surface area contributed by atoms with Crippen molar-refractivity contribution < 1.29 is 17.9 Å². The van der Waals surface area contributed by atoms with Crippen LogP contribution in [0, 0.1) is 17.3 Å². The van der Waals surface area contributed by atoms with Crippen LogP contribution in [0.25, 0.3) is 0 Å². The summed E-state index contributed by atoms with van der Waals surface area (Å²) < 4.78 is 39.9. The van der Waals surface area contributed by atoms with Gasteiger partial charge < -0.3 is 9.47 Å². The van der Waals surface area contributed by atoms with Crippen LogP contribution >= 0.6 is 0 Å². The Labute approximate surface area is 165 Å². The summed E-state index contributed by atoms with van der Waals surface area (Å²) in [6.45, 7) is 1.37. The molecule has 0 unspecified atom stereocenters. The first-order valence-corrected chi connectivity index (χ1v) is 11.1. The number of hydrogen-bond acceptors (Lipinski definition) is 4. The van der Waals surface area contributed by atoms with E-state index in [1.807, 2.05) is 12.1 Å². The van der Waals surface area contributed by atoms with Crippen molar-refractivity contribution in [1.29, 1.82) is 0 Å². The molecule has 0 radical (unpaired) electrons. The van der Waals surface area contributed by atoms with Crippen molar-refractivity contribution in [3.05, 3.63) is 72.3 Å². The SMILES string of the molecule is O=S(=O)(Nc1cccc(C2OCC3(CO2)C[C@H]2C=C[C@H]3C2)c1)c1ccccc1. The molecule has 1 spiro atoms. The van der Waals surface area contributed by atoms with E-state index in [-0.39, 0.29) is 10.3 Å². The van der Waals surface area contributed by atoms with E-state index >= 15 is 0 Å². The summed E-state index contributed by atoms with van der Waals surface area (Å²) in [6.07, 6.45) is 6.53. The molecule has 2 aromatic rings. The van der Waals surface area contributed by atoms with Crippen molar-refractivity contribution >= 4 is 15.7 Å². The third-order valence-electron chi connectivity index (χ3n) is 6.14. The first-order valence-electron chi connectivity index (χ1n) is 9.64. The second-order valence-electron chi connectivity index (χ2n) is 8.05. The van der Waals surface area contributed by atoms with Crippen molar-refractivity contribution in [1.82, 2.24) is 0 Å².